The lowest BCUT2D eigenvalue weighted by atomic mass is 10.00. The molecule has 2 N–H and O–H groups in total. The van der Waals surface area contributed by atoms with Crippen molar-refractivity contribution < 1.29 is 9.15 Å². The van der Waals surface area contributed by atoms with E-state index in [1.165, 1.54) is 0 Å². The molecule has 4 rings (SSSR count). The number of nitrogens with zero attached hydrogens (tertiary/aromatic N) is 3. The van der Waals surface area contributed by atoms with Crippen molar-refractivity contribution in [2.24, 2.45) is 5.73 Å². The lowest BCUT2D eigenvalue weighted by molar-refractivity contribution is 0.344. The molecule has 2 aromatic heterocycles. The van der Waals surface area contributed by atoms with Crippen LogP contribution in [0.25, 0.3) is 11.5 Å². The number of hydrogen-bond acceptors (Lipinski definition) is 7. The van der Waals surface area contributed by atoms with Crippen LogP contribution in [0.3, 0.4) is 0 Å². The van der Waals surface area contributed by atoms with Crippen molar-refractivity contribution >= 4 is 11.8 Å². The molecule has 0 fully saturated rings. The summed E-state index contributed by atoms with van der Waals surface area (Å²) in [6.07, 6.45) is 4.28. The standard InChI is InChI=1S/C24H24N4O2S/c25-22(19-10-12-26-13-11-19)16-18-6-8-20(9-7-18)24-28-27-23(30-24)17-31-15-14-29-21-4-2-1-3-5-21/h1-13,22H,14-17,25H2. The molecule has 158 valence electrons. The van der Waals surface area contributed by atoms with Crippen molar-refractivity contribution in [3.8, 4) is 17.2 Å². The number of rotatable bonds is 10. The summed E-state index contributed by atoms with van der Waals surface area (Å²) in [5.74, 6) is 3.53. The second kappa shape index (κ2) is 10.7. The Balaban J connectivity index is 1.24. The van der Waals surface area contributed by atoms with Gasteiger partial charge in [-0.2, -0.15) is 0 Å². The van der Waals surface area contributed by atoms with E-state index in [1.807, 2.05) is 54.6 Å². The van der Waals surface area contributed by atoms with E-state index in [0.29, 0.717) is 24.1 Å². The van der Waals surface area contributed by atoms with Crippen molar-refractivity contribution in [3.63, 3.8) is 0 Å². The maximum Gasteiger partial charge on any atom is 0.247 e. The Kier molecular flexibility index (Phi) is 7.31. The summed E-state index contributed by atoms with van der Waals surface area (Å²) in [6.45, 7) is 0.638. The van der Waals surface area contributed by atoms with Gasteiger partial charge in [-0.25, -0.2) is 0 Å². The third kappa shape index (κ3) is 6.16. The van der Waals surface area contributed by atoms with Crippen molar-refractivity contribution in [3.05, 3.63) is 96.1 Å². The predicted molar refractivity (Wildman–Crippen MR) is 123 cm³/mol. The van der Waals surface area contributed by atoms with Gasteiger partial charge in [-0.05, 0) is 53.9 Å². The van der Waals surface area contributed by atoms with Crippen LogP contribution in [0.4, 0.5) is 0 Å². The van der Waals surface area contributed by atoms with Crippen molar-refractivity contribution in [1.29, 1.82) is 0 Å². The van der Waals surface area contributed by atoms with Crippen LogP contribution in [0.15, 0.2) is 83.5 Å². The zero-order valence-electron chi connectivity index (χ0n) is 17.1. The number of thioether (sulfide) groups is 1. The molecule has 0 aliphatic carbocycles. The minimum Gasteiger partial charge on any atom is -0.493 e. The number of pyridine rings is 1. The van der Waals surface area contributed by atoms with Crippen LogP contribution in [0.1, 0.15) is 23.1 Å². The number of ether oxygens (including phenoxy) is 1. The Morgan fingerprint density at radius 2 is 1.71 bits per heavy atom. The first-order chi connectivity index (χ1) is 15.3. The van der Waals surface area contributed by atoms with Gasteiger partial charge in [0.1, 0.15) is 5.75 Å². The maximum absolute atomic E-state index is 6.30. The molecule has 0 aliphatic heterocycles. The van der Waals surface area contributed by atoms with Gasteiger partial charge >= 0.3 is 0 Å². The molecule has 0 spiro atoms. The highest BCUT2D eigenvalue weighted by atomic mass is 32.2. The summed E-state index contributed by atoms with van der Waals surface area (Å²) in [4.78, 5) is 4.04. The second-order valence-electron chi connectivity index (χ2n) is 7.00. The molecule has 4 aromatic rings. The van der Waals surface area contributed by atoms with Gasteiger partial charge in [-0.1, -0.05) is 30.3 Å². The molecule has 0 aliphatic rings. The minimum absolute atomic E-state index is 0.0632. The molecule has 6 nitrogen and oxygen atoms in total. The highest BCUT2D eigenvalue weighted by molar-refractivity contribution is 7.98. The highest BCUT2D eigenvalue weighted by Crippen LogP contribution is 2.22. The van der Waals surface area contributed by atoms with E-state index in [-0.39, 0.29) is 6.04 Å². The first-order valence-corrected chi connectivity index (χ1v) is 11.3. The minimum atomic E-state index is -0.0632. The van der Waals surface area contributed by atoms with Crippen LogP contribution in [-0.2, 0) is 12.2 Å². The molecule has 0 radical (unpaired) electrons. The summed E-state index contributed by atoms with van der Waals surface area (Å²) in [5, 5.41) is 8.33. The molecular formula is C24H24N4O2S. The third-order valence-corrected chi connectivity index (χ3v) is 5.63. The number of hydrogen-bond donors (Lipinski definition) is 1. The Bertz CT molecular complexity index is 1060. The molecule has 7 heteroatoms. The summed E-state index contributed by atoms with van der Waals surface area (Å²) in [6, 6.07) is 21.7. The fraction of sp³-hybridized carbons (Fsp3) is 0.208. The molecule has 1 unspecified atom stereocenters. The fourth-order valence-corrected chi connectivity index (χ4v) is 3.73. The third-order valence-electron chi connectivity index (χ3n) is 4.72. The zero-order chi connectivity index (χ0) is 21.3. The van der Waals surface area contributed by atoms with Gasteiger partial charge < -0.3 is 14.9 Å². The van der Waals surface area contributed by atoms with Gasteiger partial charge in [0.05, 0.1) is 12.4 Å². The van der Waals surface area contributed by atoms with Gasteiger partial charge in [0.25, 0.3) is 0 Å². The van der Waals surface area contributed by atoms with E-state index in [9.17, 15) is 0 Å². The molecule has 0 amide bonds. The summed E-state index contributed by atoms with van der Waals surface area (Å²) < 4.78 is 11.5. The topological polar surface area (TPSA) is 87.1 Å². The summed E-state index contributed by atoms with van der Waals surface area (Å²) >= 11 is 1.70. The Morgan fingerprint density at radius 1 is 0.935 bits per heavy atom. The monoisotopic (exact) mass is 432 g/mol. The average Bonchev–Trinajstić information content (AvgIpc) is 3.29. The quantitative estimate of drug-likeness (QED) is 0.364. The van der Waals surface area contributed by atoms with Crippen LogP contribution < -0.4 is 10.5 Å². The zero-order valence-corrected chi connectivity index (χ0v) is 17.9. The lowest BCUT2D eigenvalue weighted by Gasteiger charge is -2.11. The number of benzene rings is 2. The van der Waals surface area contributed by atoms with Gasteiger partial charge in [-0.15, -0.1) is 22.0 Å². The smallest absolute Gasteiger partial charge is 0.247 e. The fourth-order valence-electron chi connectivity index (χ4n) is 3.09. The van der Waals surface area contributed by atoms with Gasteiger partial charge in [-0.3, -0.25) is 4.98 Å². The van der Waals surface area contributed by atoms with Crippen molar-refractivity contribution in [1.82, 2.24) is 15.2 Å². The molecule has 31 heavy (non-hydrogen) atoms. The van der Waals surface area contributed by atoms with Gasteiger partial charge in [0, 0.05) is 29.8 Å². The molecule has 1 atom stereocenters. The number of aromatic nitrogens is 3. The van der Waals surface area contributed by atoms with Crippen LogP contribution in [0.5, 0.6) is 5.75 Å². The van der Waals surface area contributed by atoms with E-state index in [4.69, 9.17) is 14.9 Å². The van der Waals surface area contributed by atoms with E-state index < -0.39 is 0 Å². The van der Waals surface area contributed by atoms with E-state index >= 15 is 0 Å². The van der Waals surface area contributed by atoms with Crippen LogP contribution in [0.2, 0.25) is 0 Å². The average molecular weight is 433 g/mol. The van der Waals surface area contributed by atoms with Crippen molar-refractivity contribution in [2.75, 3.05) is 12.4 Å². The molecule has 0 saturated heterocycles. The van der Waals surface area contributed by atoms with E-state index in [0.717, 1.165) is 34.6 Å². The normalized spacial score (nSPS) is 11.9. The first kappa shape index (κ1) is 21.1. The Morgan fingerprint density at radius 3 is 2.48 bits per heavy atom. The SMILES string of the molecule is NC(Cc1ccc(-c2nnc(CSCCOc3ccccc3)o2)cc1)c1ccncc1. The highest BCUT2D eigenvalue weighted by Gasteiger charge is 2.10. The number of para-hydroxylation sites is 1. The van der Waals surface area contributed by atoms with Crippen LogP contribution in [-0.4, -0.2) is 27.5 Å². The maximum atomic E-state index is 6.30. The van der Waals surface area contributed by atoms with E-state index in [2.05, 4.69) is 27.3 Å². The van der Waals surface area contributed by atoms with Crippen LogP contribution in [0, 0.1) is 0 Å². The number of nitrogens with two attached hydrogens (primary N) is 1. The van der Waals surface area contributed by atoms with E-state index in [1.54, 1.807) is 24.2 Å². The largest absolute Gasteiger partial charge is 0.493 e. The van der Waals surface area contributed by atoms with Crippen LogP contribution >= 0.6 is 11.8 Å². The molecule has 2 aromatic carbocycles. The summed E-state index contributed by atoms with van der Waals surface area (Å²) in [5.41, 5.74) is 9.43. The van der Waals surface area contributed by atoms with Gasteiger partial charge in [0.15, 0.2) is 0 Å². The second-order valence-corrected chi connectivity index (χ2v) is 8.11. The first-order valence-electron chi connectivity index (χ1n) is 10.1. The lowest BCUT2D eigenvalue weighted by Crippen LogP contribution is -2.13. The molecule has 0 bridgehead atoms. The predicted octanol–water partition coefficient (Wildman–Crippen LogP) is 4.69. The molecular weight excluding hydrogens is 408 g/mol. The Hall–Kier alpha value is -3.16. The summed E-state index contributed by atoms with van der Waals surface area (Å²) in [7, 11) is 0. The molecule has 2 heterocycles. The van der Waals surface area contributed by atoms with Gasteiger partial charge in [0.2, 0.25) is 11.8 Å². The Labute approximate surface area is 185 Å². The van der Waals surface area contributed by atoms with Crippen molar-refractivity contribution in [2.45, 2.75) is 18.2 Å². The molecule has 0 saturated carbocycles.